The molecule has 2 aromatic carbocycles. The van der Waals surface area contributed by atoms with Crippen LogP contribution in [0.2, 0.25) is 5.02 Å². The van der Waals surface area contributed by atoms with E-state index in [1.807, 2.05) is 0 Å². The molecule has 2 aliphatic heterocycles. The van der Waals surface area contributed by atoms with E-state index in [9.17, 15) is 48.6 Å². The highest BCUT2D eigenvalue weighted by Gasteiger charge is 2.74. The fourth-order valence-corrected chi connectivity index (χ4v) is 16.0. The number of amides is 8. The second-order valence-corrected chi connectivity index (χ2v) is 29.0. The molecule has 0 aromatic heterocycles. The topological polar surface area (TPSA) is 351 Å². The lowest BCUT2D eigenvalue weighted by molar-refractivity contribution is -0.200. The molecule has 3 fully saturated rings. The smallest absolute Gasteiger partial charge is 0.418 e. The fourth-order valence-electron chi connectivity index (χ4n) is 15.7. The number of anilines is 3. The molecule has 4 aliphatic rings. The van der Waals surface area contributed by atoms with Crippen LogP contribution < -0.4 is 52.6 Å². The van der Waals surface area contributed by atoms with Gasteiger partial charge in [0.15, 0.2) is 5.72 Å². The highest BCUT2D eigenvalue weighted by molar-refractivity contribution is 6.36. The molecule has 1 saturated heterocycles. The SMILES string of the molecule is CCCCC1[C@H](C)C2(C)CC(C=O)(NCCCCCC(=O)N[C@H](C(=O)N[C@@H](CCCNC(N)=O)C(=O)Nc3ccc(NC(=O)O[C@H]4CC(=O)N(C=N)c5cc(cc(OC)c5Cl)C/C(C)=C/C=C/[C@@H](OC)[C@@]5(O)C[C@H](OC(=O)N5)[C@@H](C)[C@H](C)[C@@]4(C)O)c(C(F)(F)F)c3)C(C)C)CC12C(C)C. The predicted molar refractivity (Wildman–Crippen MR) is 370 cm³/mol. The van der Waals surface area contributed by atoms with E-state index in [2.05, 4.69) is 71.8 Å². The third kappa shape index (κ3) is 18.8. The maximum atomic E-state index is 15.2. The van der Waals surface area contributed by atoms with Crippen LogP contribution in [-0.2, 0) is 50.8 Å². The number of hydrogen-bond acceptors (Lipinski definition) is 16. The van der Waals surface area contributed by atoms with Crippen molar-refractivity contribution in [2.45, 2.75) is 219 Å². The van der Waals surface area contributed by atoms with Crippen molar-refractivity contribution in [3.05, 3.63) is 70.3 Å². The first kappa shape index (κ1) is 80.6. The number of hydrogen-bond donors (Lipinski definition) is 11. The number of nitrogens with two attached hydrogens (primary N) is 1. The number of alkyl carbamates (subject to hydrolysis) is 1. The molecule has 28 heteroatoms. The van der Waals surface area contributed by atoms with Crippen molar-refractivity contribution in [1.29, 1.82) is 5.41 Å². The number of rotatable bonds is 27. The maximum absolute atomic E-state index is 15.2. The van der Waals surface area contributed by atoms with Gasteiger partial charge in [0.1, 0.15) is 53.1 Å². The standard InChI is InChI=1S/C71H104ClF3N10O14/c1-14-15-22-48-45(9)66(10)36-68(38-86,37-69(48,66)41(4)5)79-29-18-16-17-25-57(87)83-60(40(2)3)62(90)81-51(23-20-28-78-63(77)91)61(89)80-47-26-27-50(49(33-47)71(73,74)75)82-64(92)99-56-34-58(88)85(39-76)52-31-46(32-53(96-12)59(52)72)30-42(6)21-19-24-55(97-13)70(95)35-54(98-65(93)84-70)43(7)44(8)67(56,11)94/h19,21,24,26-27,31-33,38-41,43-45,48,51,54-56,60,76,79,94-95H,14-18,20,22-23,25,28-30,34-37H2,1-13H3,(H,80,89)(H,81,90)(H,82,92)(H,83,87)(H,84,93)(H3,77,78,91)/b24-19+,42-21+,76-39?/t43-,44-,45-,48?,51-,54-,55+,56-,60-,66?,67+,68?,69?,70-/m0/s1. The zero-order chi connectivity index (χ0) is 73.8. The molecule has 2 aliphatic carbocycles. The Labute approximate surface area is 583 Å². The number of urea groups is 1. The van der Waals surface area contributed by atoms with Crippen LogP contribution in [0.25, 0.3) is 0 Å². The van der Waals surface area contributed by atoms with E-state index in [-0.39, 0.29) is 65.9 Å². The molecule has 2 saturated carbocycles. The van der Waals surface area contributed by atoms with Gasteiger partial charge in [-0.3, -0.25) is 40.1 Å². The number of fused-ring (bicyclic) bond motifs is 5. The van der Waals surface area contributed by atoms with Gasteiger partial charge >= 0.3 is 24.4 Å². The molecule has 99 heavy (non-hydrogen) atoms. The van der Waals surface area contributed by atoms with Gasteiger partial charge in [0.05, 0.1) is 42.3 Å². The molecule has 0 spiro atoms. The van der Waals surface area contributed by atoms with Crippen LogP contribution in [0.15, 0.2) is 54.1 Å². The Bertz CT molecular complexity index is 3320. The summed E-state index contributed by atoms with van der Waals surface area (Å²) in [7, 11) is 2.65. The Morgan fingerprint density at radius 2 is 1.65 bits per heavy atom. The number of benzene rings is 2. The number of aldehydes is 1. The molecular weight excluding hydrogens is 1310 g/mol. The third-order valence-electron chi connectivity index (χ3n) is 21.5. The van der Waals surface area contributed by atoms with Gasteiger partial charge in [0.2, 0.25) is 23.6 Å². The van der Waals surface area contributed by atoms with Crippen molar-refractivity contribution in [3.8, 4) is 5.75 Å². The molecule has 8 amide bonds. The Hall–Kier alpha value is -7.33. The molecule has 550 valence electrons. The Balaban J connectivity index is 1.18. The van der Waals surface area contributed by atoms with Crippen molar-refractivity contribution in [1.82, 2.24) is 26.6 Å². The summed E-state index contributed by atoms with van der Waals surface area (Å²) in [5.41, 5.74) is -1.32. The summed E-state index contributed by atoms with van der Waals surface area (Å²) in [4.78, 5) is 109. The quantitative estimate of drug-likeness (QED) is 0.0171. The molecule has 24 nitrogen and oxygen atoms in total. The number of carbonyl (C=O) groups is 8. The van der Waals surface area contributed by atoms with Crippen LogP contribution in [0.3, 0.4) is 0 Å². The number of unbranched alkanes of at least 4 members (excludes halogenated alkanes) is 3. The Morgan fingerprint density at radius 1 is 0.939 bits per heavy atom. The summed E-state index contributed by atoms with van der Waals surface area (Å²) in [6, 6.07) is 1.97. The number of halogens is 4. The highest BCUT2D eigenvalue weighted by Crippen LogP contribution is 2.77. The molecular formula is C71H104ClF3N10O14. The molecule has 4 unspecified atom stereocenters. The first-order valence-electron chi connectivity index (χ1n) is 34.2. The van der Waals surface area contributed by atoms with Gasteiger partial charge in [-0.05, 0) is 154 Å². The van der Waals surface area contributed by atoms with Gasteiger partial charge < -0.3 is 66.3 Å². The van der Waals surface area contributed by atoms with Crippen LogP contribution in [0.5, 0.6) is 5.75 Å². The zero-order valence-electron chi connectivity index (χ0n) is 59.3. The fraction of sp³-hybridized carbons (Fsp3) is 0.648. The number of nitrogens with one attached hydrogen (secondary N) is 8. The first-order valence-corrected chi connectivity index (χ1v) is 34.6. The molecule has 2 heterocycles. The van der Waals surface area contributed by atoms with Crippen molar-refractivity contribution in [2.75, 3.05) is 42.8 Å². The van der Waals surface area contributed by atoms with E-state index in [0.717, 1.165) is 61.0 Å². The monoisotopic (exact) mass is 1410 g/mol. The van der Waals surface area contributed by atoms with Crippen LogP contribution in [-0.4, -0.2) is 139 Å². The lowest BCUT2D eigenvalue weighted by Gasteiger charge is -2.67. The van der Waals surface area contributed by atoms with Crippen LogP contribution in [0.4, 0.5) is 44.6 Å². The van der Waals surface area contributed by atoms with E-state index >= 15 is 13.2 Å². The average molecular weight is 1410 g/mol. The lowest BCUT2D eigenvalue weighted by Crippen LogP contribution is -2.64. The van der Waals surface area contributed by atoms with Gasteiger partial charge in [-0.2, -0.15) is 13.2 Å². The van der Waals surface area contributed by atoms with E-state index in [4.69, 9.17) is 41.7 Å². The first-order chi connectivity index (χ1) is 46.4. The summed E-state index contributed by atoms with van der Waals surface area (Å²) in [5, 5.41) is 51.2. The third-order valence-corrected chi connectivity index (χ3v) is 21.9. The molecule has 0 radical (unpaired) electrons. The van der Waals surface area contributed by atoms with Gasteiger partial charge in [-0.15, -0.1) is 0 Å². The van der Waals surface area contributed by atoms with Crippen molar-refractivity contribution < 1.29 is 80.7 Å². The van der Waals surface area contributed by atoms with Gasteiger partial charge in [-0.25, -0.2) is 14.4 Å². The van der Waals surface area contributed by atoms with E-state index in [1.54, 1.807) is 45.9 Å². The molecule has 14 atom stereocenters. The number of primary amides is 1. The molecule has 2 aromatic rings. The summed E-state index contributed by atoms with van der Waals surface area (Å²) in [5.74, 6) is -4.20. The Morgan fingerprint density at radius 3 is 2.26 bits per heavy atom. The van der Waals surface area contributed by atoms with Crippen LogP contribution >= 0.6 is 11.6 Å². The second kappa shape index (κ2) is 33.9. The summed E-state index contributed by atoms with van der Waals surface area (Å²) >= 11 is 6.78. The number of nitrogens with zero attached hydrogens (tertiary/aromatic N) is 1. The molecule has 4 bridgehead atoms. The highest BCUT2D eigenvalue weighted by atomic mass is 35.5. The maximum Gasteiger partial charge on any atom is 0.418 e. The number of aliphatic hydroxyl groups is 2. The summed E-state index contributed by atoms with van der Waals surface area (Å²) < 4.78 is 68.2. The zero-order valence-corrected chi connectivity index (χ0v) is 60.0. The van der Waals surface area contributed by atoms with Gasteiger partial charge in [-0.1, -0.05) is 117 Å². The number of methoxy groups -OCH3 is 2. The summed E-state index contributed by atoms with van der Waals surface area (Å²) in [6.07, 6.45) is 0.134. The van der Waals surface area contributed by atoms with Crippen molar-refractivity contribution >= 4 is 83.1 Å². The minimum Gasteiger partial charge on any atom is -0.495 e. The summed E-state index contributed by atoms with van der Waals surface area (Å²) in [6.45, 7) is 21.4. The van der Waals surface area contributed by atoms with Crippen molar-refractivity contribution in [2.24, 2.45) is 52.1 Å². The number of ether oxygens (including phenoxy) is 4. The molecule has 12 N–H and O–H groups in total. The largest absolute Gasteiger partial charge is 0.495 e. The number of alkyl halides is 3. The minimum absolute atomic E-state index is 0.0398. The average Bonchev–Trinajstić information content (AvgIpc) is 1.31. The van der Waals surface area contributed by atoms with E-state index < -0.39 is 136 Å². The molecule has 6 rings (SSSR count). The number of carbonyl (C=O) groups excluding carboxylic acids is 8. The second-order valence-electron chi connectivity index (χ2n) is 28.6. The van der Waals surface area contributed by atoms with Crippen molar-refractivity contribution in [3.63, 3.8) is 0 Å². The van der Waals surface area contributed by atoms with Crippen LogP contribution in [0, 0.1) is 51.7 Å². The van der Waals surface area contributed by atoms with E-state index in [0.29, 0.717) is 61.5 Å². The van der Waals surface area contributed by atoms with Gasteiger partial charge in [0, 0.05) is 32.2 Å². The Kier molecular flexibility index (Phi) is 27.6. The van der Waals surface area contributed by atoms with Gasteiger partial charge in [0.25, 0.3) is 0 Å². The lowest BCUT2D eigenvalue weighted by atomic mass is 9.37. The van der Waals surface area contributed by atoms with Crippen LogP contribution in [0.1, 0.15) is 171 Å². The van der Waals surface area contributed by atoms with E-state index in [1.165, 1.54) is 40.2 Å². The predicted octanol–water partition coefficient (Wildman–Crippen LogP) is 10.6. The normalized spacial score (nSPS) is 29.4. The number of allylic oxidation sites excluding steroid dienone is 3. The minimum atomic E-state index is -5.25.